The largest absolute Gasteiger partial charge is 0.382 e. The molecule has 4 N–H and O–H groups in total. The summed E-state index contributed by atoms with van der Waals surface area (Å²) in [6, 6.07) is 8.09. The molecule has 2 aliphatic heterocycles. The number of benzene rings is 1. The van der Waals surface area contributed by atoms with Crippen LogP contribution in [0.25, 0.3) is 0 Å². The Labute approximate surface area is 226 Å². The number of carbonyl (C=O) groups excluding carboxylic acids is 1. The Morgan fingerprint density at radius 3 is 2.43 bits per heavy atom. The van der Waals surface area contributed by atoms with Gasteiger partial charge in [0.05, 0.1) is 16.4 Å². The molecule has 200 valence electrons. The zero-order valence-corrected chi connectivity index (χ0v) is 22.6. The summed E-state index contributed by atoms with van der Waals surface area (Å²) < 4.78 is 0. The van der Waals surface area contributed by atoms with Crippen molar-refractivity contribution in [3.05, 3.63) is 28.8 Å². The van der Waals surface area contributed by atoms with Gasteiger partial charge in [-0.2, -0.15) is 5.26 Å². The molecule has 7 nitrogen and oxygen atoms in total. The summed E-state index contributed by atoms with van der Waals surface area (Å²) in [7, 11) is 0. The van der Waals surface area contributed by atoms with E-state index in [0.29, 0.717) is 34.2 Å². The molecule has 37 heavy (non-hydrogen) atoms. The summed E-state index contributed by atoms with van der Waals surface area (Å²) in [5.74, 6) is 1.81. The molecule has 0 bridgehead atoms. The molecule has 5 rings (SSSR count). The number of halogens is 1. The summed E-state index contributed by atoms with van der Waals surface area (Å²) in [5.41, 5.74) is 7.72. The molecule has 2 saturated heterocycles. The highest BCUT2D eigenvalue weighted by Crippen LogP contribution is 2.53. The molecule has 4 fully saturated rings. The number of carbonyl (C=O) groups is 1. The van der Waals surface area contributed by atoms with E-state index in [0.717, 1.165) is 76.2 Å². The van der Waals surface area contributed by atoms with Crippen LogP contribution in [0.2, 0.25) is 5.02 Å². The van der Waals surface area contributed by atoms with Crippen LogP contribution in [-0.2, 0) is 4.79 Å². The molecule has 2 heterocycles. The van der Waals surface area contributed by atoms with E-state index in [4.69, 9.17) is 22.7 Å². The molecule has 2 saturated carbocycles. The molecular formula is C29H41ClN6O. The van der Waals surface area contributed by atoms with Gasteiger partial charge in [-0.3, -0.25) is 10.2 Å². The maximum Gasteiger partial charge on any atom is 0.225 e. The Morgan fingerprint density at radius 1 is 1.14 bits per heavy atom. The number of nitrogens with two attached hydrogens (primary N) is 1. The van der Waals surface area contributed by atoms with Crippen LogP contribution in [0.4, 0.5) is 5.69 Å². The maximum atomic E-state index is 12.9. The standard InChI is InChI=1S/C29H41ClN6O/c30-25-15-24(6-5-21(25)19-31)34-26(20-3-1-2-4-20)16-27(33)35-13-9-29(10-14-35)17-22(18-29)28(37)36-11-7-23(32)8-12-36/h5-6,15,20,22-23,26,33-34H,1-4,7-14,16-18,32H2. The molecule has 1 spiro atoms. The molecule has 4 aliphatic rings. The lowest BCUT2D eigenvalue weighted by molar-refractivity contribution is -0.146. The number of amides is 1. The quantitative estimate of drug-likeness (QED) is 0.358. The maximum absolute atomic E-state index is 12.9. The van der Waals surface area contributed by atoms with Gasteiger partial charge in [0, 0.05) is 56.3 Å². The molecule has 1 amide bonds. The number of likely N-dealkylation sites (tertiary alicyclic amines) is 2. The molecular weight excluding hydrogens is 484 g/mol. The SMILES string of the molecule is N#Cc1ccc(NC(CC(=N)N2CCC3(CC2)CC(C(=O)N2CCC(N)CC2)C3)C2CCCC2)cc1Cl. The minimum absolute atomic E-state index is 0.190. The topological polar surface area (TPSA) is 109 Å². The second-order valence-electron chi connectivity index (χ2n) is 12.0. The fourth-order valence-electron chi connectivity index (χ4n) is 7.14. The van der Waals surface area contributed by atoms with E-state index in [9.17, 15) is 10.1 Å². The minimum atomic E-state index is 0.190. The van der Waals surface area contributed by atoms with E-state index >= 15 is 0 Å². The van der Waals surface area contributed by atoms with Crippen molar-refractivity contribution in [2.45, 2.75) is 82.7 Å². The van der Waals surface area contributed by atoms with Crippen LogP contribution >= 0.6 is 11.6 Å². The van der Waals surface area contributed by atoms with E-state index in [-0.39, 0.29) is 18.0 Å². The average Bonchev–Trinajstić information content (AvgIpc) is 3.42. The number of nitrogens with one attached hydrogen (secondary N) is 2. The first-order valence-corrected chi connectivity index (χ1v) is 14.6. The van der Waals surface area contributed by atoms with Gasteiger partial charge in [-0.1, -0.05) is 24.4 Å². The number of hydrogen-bond acceptors (Lipinski definition) is 5. The second-order valence-corrected chi connectivity index (χ2v) is 12.4. The summed E-state index contributed by atoms with van der Waals surface area (Å²) in [5, 5.41) is 22.3. The average molecular weight is 525 g/mol. The molecule has 1 unspecified atom stereocenters. The number of piperidine rings is 2. The number of hydrogen-bond donors (Lipinski definition) is 3. The van der Waals surface area contributed by atoms with Crippen molar-refractivity contribution in [1.29, 1.82) is 10.7 Å². The molecule has 1 aromatic carbocycles. The fraction of sp³-hybridized carbons (Fsp3) is 0.690. The first-order chi connectivity index (χ1) is 17.9. The minimum Gasteiger partial charge on any atom is -0.382 e. The number of anilines is 1. The van der Waals surface area contributed by atoms with Gasteiger partial charge < -0.3 is 20.9 Å². The van der Waals surface area contributed by atoms with Gasteiger partial charge in [0.1, 0.15) is 6.07 Å². The van der Waals surface area contributed by atoms with Crippen LogP contribution in [0.3, 0.4) is 0 Å². The summed E-state index contributed by atoms with van der Waals surface area (Å²) in [6.07, 6.45) is 11.6. The monoisotopic (exact) mass is 524 g/mol. The third-order valence-electron chi connectivity index (χ3n) is 9.59. The van der Waals surface area contributed by atoms with Gasteiger partial charge in [-0.05, 0) is 80.9 Å². The summed E-state index contributed by atoms with van der Waals surface area (Å²) in [4.78, 5) is 17.3. The predicted octanol–water partition coefficient (Wildman–Crippen LogP) is 4.99. The lowest BCUT2D eigenvalue weighted by Gasteiger charge is -2.53. The zero-order valence-electron chi connectivity index (χ0n) is 21.9. The predicted molar refractivity (Wildman–Crippen MR) is 148 cm³/mol. The third-order valence-corrected chi connectivity index (χ3v) is 9.90. The molecule has 0 aromatic heterocycles. The summed E-state index contributed by atoms with van der Waals surface area (Å²) >= 11 is 6.28. The van der Waals surface area contributed by atoms with Crippen molar-refractivity contribution < 1.29 is 4.79 Å². The van der Waals surface area contributed by atoms with Crippen LogP contribution in [0.15, 0.2) is 18.2 Å². The fourth-order valence-corrected chi connectivity index (χ4v) is 7.36. The Kier molecular flexibility index (Phi) is 7.97. The Bertz CT molecular complexity index is 1020. The van der Waals surface area contributed by atoms with Gasteiger partial charge in [-0.15, -0.1) is 0 Å². The number of nitrogens with zero attached hydrogens (tertiary/aromatic N) is 3. The van der Waals surface area contributed by atoms with Crippen molar-refractivity contribution in [3.63, 3.8) is 0 Å². The summed E-state index contributed by atoms with van der Waals surface area (Å²) in [6.45, 7) is 3.47. The van der Waals surface area contributed by atoms with E-state index in [1.165, 1.54) is 25.7 Å². The van der Waals surface area contributed by atoms with E-state index in [2.05, 4.69) is 16.3 Å². The smallest absolute Gasteiger partial charge is 0.225 e. The van der Waals surface area contributed by atoms with Gasteiger partial charge in [-0.25, -0.2) is 0 Å². The number of rotatable bonds is 6. The van der Waals surface area contributed by atoms with Crippen LogP contribution in [-0.4, -0.2) is 59.8 Å². The van der Waals surface area contributed by atoms with E-state index < -0.39 is 0 Å². The second kappa shape index (κ2) is 11.2. The molecule has 1 aromatic rings. The highest BCUT2D eigenvalue weighted by Gasteiger charge is 2.49. The van der Waals surface area contributed by atoms with Crippen LogP contribution in [0.5, 0.6) is 0 Å². The first-order valence-electron chi connectivity index (χ1n) is 14.2. The van der Waals surface area contributed by atoms with Crippen molar-refractivity contribution in [2.24, 2.45) is 23.0 Å². The van der Waals surface area contributed by atoms with E-state index in [1.54, 1.807) is 6.07 Å². The number of amidine groups is 1. The number of nitriles is 1. The Morgan fingerprint density at radius 2 is 1.81 bits per heavy atom. The normalized spacial score (nSPS) is 23.5. The molecule has 0 radical (unpaired) electrons. The highest BCUT2D eigenvalue weighted by atomic mass is 35.5. The van der Waals surface area contributed by atoms with Crippen LogP contribution in [0, 0.1) is 34.0 Å². The van der Waals surface area contributed by atoms with Crippen molar-refractivity contribution >= 4 is 29.0 Å². The lowest BCUT2D eigenvalue weighted by Crippen LogP contribution is -2.54. The third kappa shape index (κ3) is 5.91. The Hall–Kier alpha value is -2.30. The van der Waals surface area contributed by atoms with Crippen LogP contribution < -0.4 is 11.1 Å². The Balaban J connectivity index is 1.13. The molecule has 1 atom stereocenters. The van der Waals surface area contributed by atoms with Crippen molar-refractivity contribution in [2.75, 3.05) is 31.5 Å². The van der Waals surface area contributed by atoms with Crippen molar-refractivity contribution in [1.82, 2.24) is 9.80 Å². The molecule has 8 heteroatoms. The van der Waals surface area contributed by atoms with Gasteiger partial charge in [0.15, 0.2) is 0 Å². The zero-order chi connectivity index (χ0) is 26.0. The van der Waals surface area contributed by atoms with Crippen LogP contribution in [0.1, 0.15) is 76.2 Å². The highest BCUT2D eigenvalue weighted by molar-refractivity contribution is 6.32. The van der Waals surface area contributed by atoms with Gasteiger partial charge in [0.25, 0.3) is 0 Å². The lowest BCUT2D eigenvalue weighted by atomic mass is 9.57. The van der Waals surface area contributed by atoms with Crippen molar-refractivity contribution in [3.8, 4) is 6.07 Å². The first kappa shape index (κ1) is 26.3. The molecule has 2 aliphatic carbocycles. The van der Waals surface area contributed by atoms with Gasteiger partial charge >= 0.3 is 0 Å². The van der Waals surface area contributed by atoms with E-state index in [1.807, 2.05) is 17.0 Å². The van der Waals surface area contributed by atoms with Gasteiger partial charge in [0.2, 0.25) is 5.91 Å².